The maximum Gasteiger partial charge on any atom is 0.265 e. The van der Waals surface area contributed by atoms with Crippen LogP contribution in [0.1, 0.15) is 30.6 Å². The molecule has 0 saturated heterocycles. The third-order valence-electron chi connectivity index (χ3n) is 3.42. The van der Waals surface area contributed by atoms with Crippen molar-refractivity contribution in [3.05, 3.63) is 58.6 Å². The summed E-state index contributed by atoms with van der Waals surface area (Å²) in [5.74, 6) is 0.171. The molecule has 1 unspecified atom stereocenters. The van der Waals surface area contributed by atoms with Gasteiger partial charge in [0.05, 0.1) is 0 Å². The van der Waals surface area contributed by atoms with Gasteiger partial charge in [-0.05, 0) is 55.8 Å². The lowest BCUT2D eigenvalue weighted by Gasteiger charge is -2.15. The van der Waals surface area contributed by atoms with Crippen molar-refractivity contribution in [3.63, 3.8) is 0 Å². The van der Waals surface area contributed by atoms with E-state index in [9.17, 15) is 9.59 Å². The van der Waals surface area contributed by atoms with E-state index < -0.39 is 6.10 Å². The molecule has 25 heavy (non-hydrogen) atoms. The van der Waals surface area contributed by atoms with Crippen molar-refractivity contribution in [3.8, 4) is 5.75 Å². The quantitative estimate of drug-likeness (QED) is 0.732. The van der Waals surface area contributed by atoms with Crippen molar-refractivity contribution in [2.75, 3.05) is 11.9 Å². The number of rotatable bonds is 7. The first-order valence-corrected chi connectivity index (χ1v) is 8.90. The molecule has 1 atom stereocenters. The number of amides is 2. The molecule has 0 saturated carbocycles. The zero-order valence-electron chi connectivity index (χ0n) is 14.2. The first-order chi connectivity index (χ1) is 12.0. The molecular formula is C19H21BrN2O3. The van der Waals surface area contributed by atoms with E-state index in [0.717, 1.165) is 10.9 Å². The summed E-state index contributed by atoms with van der Waals surface area (Å²) in [4.78, 5) is 24.3. The fraction of sp³-hybridized carbons (Fsp3) is 0.263. The van der Waals surface area contributed by atoms with Crippen LogP contribution in [0.2, 0.25) is 0 Å². The van der Waals surface area contributed by atoms with Gasteiger partial charge in [-0.3, -0.25) is 9.59 Å². The number of hydrogen-bond donors (Lipinski definition) is 2. The average molecular weight is 405 g/mol. The molecule has 0 heterocycles. The molecule has 0 fully saturated rings. The molecule has 0 aliphatic heterocycles. The lowest BCUT2D eigenvalue weighted by molar-refractivity contribution is -0.122. The molecule has 0 bridgehead atoms. The van der Waals surface area contributed by atoms with Crippen molar-refractivity contribution < 1.29 is 14.3 Å². The van der Waals surface area contributed by atoms with Crippen molar-refractivity contribution in [1.82, 2.24) is 5.32 Å². The molecule has 2 aromatic rings. The molecule has 0 aliphatic carbocycles. The Bertz CT molecular complexity index is 732. The monoisotopic (exact) mass is 404 g/mol. The van der Waals surface area contributed by atoms with Crippen molar-refractivity contribution in [2.24, 2.45) is 0 Å². The van der Waals surface area contributed by atoms with Crippen LogP contribution < -0.4 is 15.4 Å². The van der Waals surface area contributed by atoms with E-state index in [1.807, 2.05) is 19.1 Å². The van der Waals surface area contributed by atoms with E-state index >= 15 is 0 Å². The summed E-state index contributed by atoms with van der Waals surface area (Å²) in [5, 5.41) is 5.58. The van der Waals surface area contributed by atoms with Gasteiger partial charge >= 0.3 is 0 Å². The first-order valence-electron chi connectivity index (χ1n) is 8.11. The Labute approximate surface area is 155 Å². The third kappa shape index (κ3) is 5.90. The fourth-order valence-corrected chi connectivity index (χ4v) is 2.36. The van der Waals surface area contributed by atoms with Gasteiger partial charge in [0.2, 0.25) is 0 Å². The summed E-state index contributed by atoms with van der Waals surface area (Å²) >= 11 is 3.35. The highest BCUT2D eigenvalue weighted by Gasteiger charge is 2.15. The van der Waals surface area contributed by atoms with Crippen LogP contribution in [0.15, 0.2) is 53.0 Å². The van der Waals surface area contributed by atoms with Crippen LogP contribution in [0.4, 0.5) is 5.69 Å². The van der Waals surface area contributed by atoms with E-state index in [1.54, 1.807) is 43.3 Å². The molecular weight excluding hydrogens is 384 g/mol. The number of hydrogen-bond acceptors (Lipinski definition) is 3. The molecule has 6 heteroatoms. The fourth-order valence-electron chi connectivity index (χ4n) is 2.09. The van der Waals surface area contributed by atoms with E-state index in [0.29, 0.717) is 23.5 Å². The largest absolute Gasteiger partial charge is 0.481 e. The number of halogens is 1. The molecule has 2 amide bonds. The minimum absolute atomic E-state index is 0.155. The third-order valence-corrected chi connectivity index (χ3v) is 3.95. The SMILES string of the molecule is CCCNC(=O)c1cccc(NC(=O)C(C)Oc2ccc(Br)cc2)c1. The molecule has 0 aliphatic rings. The standard InChI is InChI=1S/C19H21BrN2O3/c1-3-11-21-19(24)14-5-4-6-16(12-14)22-18(23)13(2)25-17-9-7-15(20)8-10-17/h4-10,12-13H,3,11H2,1-2H3,(H,21,24)(H,22,23). The highest BCUT2D eigenvalue weighted by atomic mass is 79.9. The van der Waals surface area contributed by atoms with Crippen LogP contribution in [-0.2, 0) is 4.79 Å². The number of carbonyl (C=O) groups excluding carboxylic acids is 2. The molecule has 2 N–H and O–H groups in total. The molecule has 2 aromatic carbocycles. The van der Waals surface area contributed by atoms with E-state index in [1.165, 1.54) is 0 Å². The highest BCUT2D eigenvalue weighted by molar-refractivity contribution is 9.10. The van der Waals surface area contributed by atoms with Crippen LogP contribution in [0.5, 0.6) is 5.75 Å². The maximum absolute atomic E-state index is 12.3. The minimum atomic E-state index is -0.668. The van der Waals surface area contributed by atoms with Crippen molar-refractivity contribution in [2.45, 2.75) is 26.4 Å². The predicted octanol–water partition coefficient (Wildman–Crippen LogP) is 3.99. The second kappa shape index (κ2) is 9.22. The smallest absolute Gasteiger partial charge is 0.265 e. The Morgan fingerprint density at radius 2 is 1.88 bits per heavy atom. The first kappa shape index (κ1) is 19.0. The summed E-state index contributed by atoms with van der Waals surface area (Å²) in [7, 11) is 0. The Morgan fingerprint density at radius 1 is 1.16 bits per heavy atom. The van der Waals surface area contributed by atoms with Crippen molar-refractivity contribution in [1.29, 1.82) is 0 Å². The minimum Gasteiger partial charge on any atom is -0.481 e. The molecule has 0 radical (unpaired) electrons. The number of benzene rings is 2. The van der Waals surface area contributed by atoms with Gasteiger partial charge in [0, 0.05) is 22.3 Å². The van der Waals surface area contributed by atoms with Crippen LogP contribution in [-0.4, -0.2) is 24.5 Å². The summed E-state index contributed by atoms with van der Waals surface area (Å²) in [6.45, 7) is 4.28. The van der Waals surface area contributed by atoms with E-state index in [-0.39, 0.29) is 11.8 Å². The number of ether oxygens (including phenoxy) is 1. The number of nitrogens with one attached hydrogen (secondary N) is 2. The van der Waals surface area contributed by atoms with Gasteiger partial charge < -0.3 is 15.4 Å². The maximum atomic E-state index is 12.3. The Morgan fingerprint density at radius 3 is 2.56 bits per heavy atom. The molecule has 5 nitrogen and oxygen atoms in total. The number of carbonyl (C=O) groups is 2. The highest BCUT2D eigenvalue weighted by Crippen LogP contribution is 2.18. The van der Waals surface area contributed by atoms with Crippen LogP contribution in [0.25, 0.3) is 0 Å². The van der Waals surface area contributed by atoms with Gasteiger partial charge in [0.15, 0.2) is 6.10 Å². The van der Waals surface area contributed by atoms with Crippen LogP contribution in [0.3, 0.4) is 0 Å². The molecule has 0 aromatic heterocycles. The Balaban J connectivity index is 1.97. The van der Waals surface area contributed by atoms with Gasteiger partial charge in [0.25, 0.3) is 11.8 Å². The van der Waals surface area contributed by atoms with E-state index in [2.05, 4.69) is 26.6 Å². The zero-order chi connectivity index (χ0) is 18.2. The summed E-state index contributed by atoms with van der Waals surface area (Å²) < 4.78 is 6.56. The lowest BCUT2D eigenvalue weighted by atomic mass is 10.2. The Kier molecular flexibility index (Phi) is 7.01. The van der Waals surface area contributed by atoms with E-state index in [4.69, 9.17) is 4.74 Å². The van der Waals surface area contributed by atoms with Gasteiger partial charge in [-0.1, -0.05) is 28.9 Å². The zero-order valence-corrected chi connectivity index (χ0v) is 15.8. The van der Waals surface area contributed by atoms with Gasteiger partial charge in [-0.15, -0.1) is 0 Å². The summed E-state index contributed by atoms with van der Waals surface area (Å²) in [5.41, 5.74) is 1.06. The average Bonchev–Trinajstić information content (AvgIpc) is 2.61. The molecule has 0 spiro atoms. The molecule has 132 valence electrons. The second-order valence-corrected chi connectivity index (χ2v) is 6.46. The predicted molar refractivity (Wildman–Crippen MR) is 102 cm³/mol. The summed E-state index contributed by atoms with van der Waals surface area (Å²) in [6.07, 6.45) is 0.200. The van der Waals surface area contributed by atoms with Gasteiger partial charge in [0.1, 0.15) is 5.75 Å². The second-order valence-electron chi connectivity index (χ2n) is 5.54. The molecule has 2 rings (SSSR count). The summed E-state index contributed by atoms with van der Waals surface area (Å²) in [6, 6.07) is 14.1. The van der Waals surface area contributed by atoms with Crippen LogP contribution >= 0.6 is 15.9 Å². The topological polar surface area (TPSA) is 67.4 Å². The number of anilines is 1. The van der Waals surface area contributed by atoms with Gasteiger partial charge in [-0.25, -0.2) is 0 Å². The van der Waals surface area contributed by atoms with Crippen molar-refractivity contribution >= 4 is 33.4 Å². The van der Waals surface area contributed by atoms with Gasteiger partial charge in [-0.2, -0.15) is 0 Å². The lowest BCUT2D eigenvalue weighted by Crippen LogP contribution is -2.30. The Hall–Kier alpha value is -2.34. The van der Waals surface area contributed by atoms with Crippen LogP contribution in [0, 0.1) is 0 Å². The normalized spacial score (nSPS) is 11.5.